The maximum Gasteiger partial charge on any atom is 0.410 e. The van der Waals surface area contributed by atoms with E-state index in [4.69, 9.17) is 16.3 Å². The molecule has 1 amide bonds. The van der Waals surface area contributed by atoms with Crippen LogP contribution in [0.1, 0.15) is 51.8 Å². The summed E-state index contributed by atoms with van der Waals surface area (Å²) in [5.41, 5.74) is -0.0216. The highest BCUT2D eigenvalue weighted by Crippen LogP contribution is 2.31. The number of nitrogens with one attached hydrogen (secondary N) is 1. The molecule has 2 aromatic heterocycles. The minimum absolute atomic E-state index is 0.0170. The molecule has 35 heavy (non-hydrogen) atoms. The number of amides is 1. The molecule has 4 rings (SSSR count). The lowest BCUT2D eigenvalue weighted by atomic mass is 9.96. The van der Waals surface area contributed by atoms with Crippen LogP contribution in [0.25, 0.3) is 5.52 Å². The van der Waals surface area contributed by atoms with E-state index in [2.05, 4.69) is 20.4 Å². The van der Waals surface area contributed by atoms with Crippen LogP contribution >= 0.6 is 11.6 Å². The minimum Gasteiger partial charge on any atom is -0.444 e. The smallest absolute Gasteiger partial charge is 0.410 e. The lowest BCUT2D eigenvalue weighted by Gasteiger charge is -2.33. The Hall–Kier alpha value is -2.25. The zero-order valence-electron chi connectivity index (χ0n) is 20.2. The predicted octanol–water partition coefficient (Wildman–Crippen LogP) is 2.68. The first-order valence-electron chi connectivity index (χ1n) is 11.6. The van der Waals surface area contributed by atoms with Gasteiger partial charge in [-0.05, 0) is 40.0 Å². The van der Waals surface area contributed by atoms with E-state index in [9.17, 15) is 17.6 Å². The molecular weight excluding hydrogens is 501 g/mol. The Balaban J connectivity index is 1.46. The number of fused-ring (bicyclic) bond motifs is 1. The molecule has 1 N–H and O–H groups in total. The number of alkyl halides is 1. The van der Waals surface area contributed by atoms with Crippen molar-refractivity contribution in [3.05, 3.63) is 17.2 Å². The summed E-state index contributed by atoms with van der Waals surface area (Å²) in [4.78, 5) is 22.8. The second kappa shape index (κ2) is 9.66. The molecule has 0 spiro atoms. The highest BCUT2D eigenvalue weighted by Gasteiger charge is 2.34. The van der Waals surface area contributed by atoms with E-state index >= 15 is 0 Å². The van der Waals surface area contributed by atoms with E-state index in [1.165, 1.54) is 6.20 Å². The molecule has 2 atom stereocenters. The highest BCUT2D eigenvalue weighted by atomic mass is 35.5. The van der Waals surface area contributed by atoms with Gasteiger partial charge < -0.3 is 15.0 Å². The quantitative estimate of drug-likeness (QED) is 0.639. The van der Waals surface area contributed by atoms with Gasteiger partial charge in [0, 0.05) is 32.1 Å². The summed E-state index contributed by atoms with van der Waals surface area (Å²) in [6.07, 6.45) is 2.49. The van der Waals surface area contributed by atoms with Crippen molar-refractivity contribution in [3.63, 3.8) is 0 Å². The number of aromatic nitrogens is 4. The maximum atomic E-state index is 14.7. The molecule has 11 nitrogen and oxygen atoms in total. The SMILES string of the molecule is CC(C)(C)OC(=O)N1CCC(c2nc(Cl)c3cnc(N[C@@H]4CCN(S(C)(=O)=O)C[C@H]4F)nn23)CC1. The van der Waals surface area contributed by atoms with Crippen molar-refractivity contribution in [2.75, 3.05) is 37.8 Å². The number of hydrogen-bond donors (Lipinski definition) is 1. The molecule has 2 aliphatic heterocycles. The van der Waals surface area contributed by atoms with Crippen LogP contribution in [-0.2, 0) is 14.8 Å². The molecule has 0 aromatic carbocycles. The lowest BCUT2D eigenvalue weighted by Crippen LogP contribution is -2.49. The van der Waals surface area contributed by atoms with Crippen molar-refractivity contribution >= 4 is 39.2 Å². The minimum atomic E-state index is -3.44. The van der Waals surface area contributed by atoms with E-state index in [0.717, 1.165) is 10.6 Å². The van der Waals surface area contributed by atoms with Gasteiger partial charge in [0.05, 0.1) is 18.5 Å². The van der Waals surface area contributed by atoms with E-state index in [1.807, 2.05) is 20.8 Å². The number of carbonyl (C=O) groups is 1. The number of nitrogens with zero attached hydrogens (tertiary/aromatic N) is 6. The van der Waals surface area contributed by atoms with Crippen LogP contribution in [0.15, 0.2) is 6.20 Å². The fourth-order valence-corrected chi connectivity index (χ4v) is 5.42. The van der Waals surface area contributed by atoms with Crippen LogP contribution in [0.2, 0.25) is 5.15 Å². The first-order chi connectivity index (χ1) is 16.3. The van der Waals surface area contributed by atoms with E-state index in [-0.39, 0.29) is 42.6 Å². The molecule has 2 fully saturated rings. The Morgan fingerprint density at radius 1 is 1.23 bits per heavy atom. The third kappa shape index (κ3) is 5.95. The Bertz CT molecular complexity index is 1190. The number of ether oxygens (including phenoxy) is 1. The topological polar surface area (TPSA) is 122 Å². The average Bonchev–Trinajstić information content (AvgIpc) is 3.09. The highest BCUT2D eigenvalue weighted by molar-refractivity contribution is 7.88. The van der Waals surface area contributed by atoms with Gasteiger partial charge in [0.2, 0.25) is 16.0 Å². The van der Waals surface area contributed by atoms with Gasteiger partial charge in [0.15, 0.2) is 5.15 Å². The zero-order valence-corrected chi connectivity index (χ0v) is 21.8. The lowest BCUT2D eigenvalue weighted by molar-refractivity contribution is 0.0203. The molecule has 2 aromatic rings. The van der Waals surface area contributed by atoms with Gasteiger partial charge in [-0.2, -0.15) is 4.31 Å². The third-order valence-electron chi connectivity index (χ3n) is 6.17. The van der Waals surface area contributed by atoms with E-state index < -0.39 is 27.8 Å². The second-order valence-corrected chi connectivity index (χ2v) is 12.4. The molecule has 0 unspecified atom stereocenters. The molecule has 0 aliphatic carbocycles. The summed E-state index contributed by atoms with van der Waals surface area (Å²) in [6.45, 7) is 6.55. The summed E-state index contributed by atoms with van der Waals surface area (Å²) in [6, 6.07) is -0.620. The monoisotopic (exact) mass is 531 g/mol. The molecular formula is C21H31ClFN7O4S. The van der Waals surface area contributed by atoms with Crippen LogP contribution in [-0.4, -0.2) is 93.5 Å². The second-order valence-electron chi connectivity index (χ2n) is 10.1. The van der Waals surface area contributed by atoms with Crippen molar-refractivity contribution in [2.45, 2.75) is 63.8 Å². The van der Waals surface area contributed by atoms with Crippen molar-refractivity contribution in [2.24, 2.45) is 0 Å². The largest absolute Gasteiger partial charge is 0.444 e. The van der Waals surface area contributed by atoms with Crippen molar-refractivity contribution in [1.29, 1.82) is 0 Å². The van der Waals surface area contributed by atoms with Crippen LogP contribution in [0.4, 0.5) is 15.1 Å². The predicted molar refractivity (Wildman–Crippen MR) is 129 cm³/mol. The molecule has 4 heterocycles. The van der Waals surface area contributed by atoms with Crippen molar-refractivity contribution in [3.8, 4) is 0 Å². The summed E-state index contributed by atoms with van der Waals surface area (Å²) in [5, 5.41) is 7.78. The third-order valence-corrected chi connectivity index (χ3v) is 7.72. The Kier molecular flexibility index (Phi) is 7.13. The number of halogens is 2. The van der Waals surface area contributed by atoms with Crippen molar-refractivity contribution < 1.29 is 22.3 Å². The number of likely N-dealkylation sites (tertiary alicyclic amines) is 1. The summed E-state index contributed by atoms with van der Waals surface area (Å²) < 4.78 is 46.3. The Labute approximate surface area is 209 Å². The fraction of sp³-hybridized carbons (Fsp3) is 0.714. The van der Waals surface area contributed by atoms with Crippen LogP contribution in [0.5, 0.6) is 0 Å². The summed E-state index contributed by atoms with van der Waals surface area (Å²) in [5.74, 6) is 0.880. The average molecular weight is 532 g/mol. The molecule has 14 heteroatoms. The standard InChI is InChI=1S/C21H31ClFN7O4S/c1-21(2,3)34-20(31)28-8-5-13(6-9-28)18-26-17(22)16-11-24-19(27-30(16)18)25-15-7-10-29(12-14(15)23)35(4,32)33/h11,13-15H,5-10,12H2,1-4H3,(H,25,27)/t14-,15-/m1/s1. The van der Waals surface area contributed by atoms with Crippen LogP contribution < -0.4 is 5.32 Å². The van der Waals surface area contributed by atoms with Gasteiger partial charge >= 0.3 is 6.09 Å². The first-order valence-corrected chi connectivity index (χ1v) is 13.8. The number of hydrogen-bond acceptors (Lipinski definition) is 8. The van der Waals surface area contributed by atoms with Crippen LogP contribution in [0, 0.1) is 0 Å². The zero-order chi connectivity index (χ0) is 25.5. The van der Waals surface area contributed by atoms with Crippen LogP contribution in [0.3, 0.4) is 0 Å². The maximum absolute atomic E-state index is 14.7. The van der Waals surface area contributed by atoms with Gasteiger partial charge in [-0.1, -0.05) is 11.6 Å². The van der Waals surface area contributed by atoms with Gasteiger partial charge in [0.25, 0.3) is 0 Å². The molecule has 0 radical (unpaired) electrons. The number of imidazole rings is 1. The number of carbonyl (C=O) groups excluding carboxylic acids is 1. The van der Waals surface area contributed by atoms with Gasteiger partial charge in [-0.3, -0.25) is 0 Å². The number of rotatable bonds is 4. The Morgan fingerprint density at radius 2 is 1.91 bits per heavy atom. The number of piperidine rings is 2. The van der Waals surface area contributed by atoms with Gasteiger partial charge in [0.1, 0.15) is 23.1 Å². The fourth-order valence-electron chi connectivity index (χ4n) is 4.36. The molecule has 194 valence electrons. The molecule has 0 bridgehead atoms. The normalized spacial score (nSPS) is 23.0. The molecule has 2 aliphatic rings. The molecule has 2 saturated heterocycles. The first kappa shape index (κ1) is 25.8. The van der Waals surface area contributed by atoms with Gasteiger partial charge in [-0.15, -0.1) is 5.10 Å². The summed E-state index contributed by atoms with van der Waals surface area (Å²) in [7, 11) is -3.44. The number of sulfonamides is 1. The van der Waals surface area contributed by atoms with Crippen molar-refractivity contribution in [1.82, 2.24) is 28.8 Å². The molecule has 0 saturated carbocycles. The van der Waals surface area contributed by atoms with E-state index in [1.54, 1.807) is 9.42 Å². The Morgan fingerprint density at radius 3 is 2.51 bits per heavy atom. The summed E-state index contributed by atoms with van der Waals surface area (Å²) >= 11 is 6.34. The van der Waals surface area contributed by atoms with Gasteiger partial charge in [-0.25, -0.2) is 32.1 Å². The number of anilines is 1. The van der Waals surface area contributed by atoms with E-state index in [0.29, 0.717) is 37.3 Å².